The van der Waals surface area contributed by atoms with E-state index in [1.165, 1.54) is 35.3 Å². The first-order valence-electron chi connectivity index (χ1n) is 9.20. The molecule has 2 N–H and O–H groups in total. The van der Waals surface area contributed by atoms with E-state index in [9.17, 15) is 9.59 Å². The number of anilines is 1. The largest absolute Gasteiger partial charge is 0.478 e. The van der Waals surface area contributed by atoms with Gasteiger partial charge in [-0.15, -0.1) is 0 Å². The highest BCUT2D eigenvalue weighted by Gasteiger charge is 2.31. The van der Waals surface area contributed by atoms with Crippen molar-refractivity contribution >= 4 is 17.6 Å². The summed E-state index contributed by atoms with van der Waals surface area (Å²) in [6.07, 6.45) is 3.38. The lowest BCUT2D eigenvalue weighted by atomic mass is 9.95. The van der Waals surface area contributed by atoms with Gasteiger partial charge < -0.3 is 15.1 Å². The van der Waals surface area contributed by atoms with Crippen molar-refractivity contribution in [3.63, 3.8) is 0 Å². The van der Waals surface area contributed by atoms with Gasteiger partial charge in [0.15, 0.2) is 0 Å². The molecule has 2 aromatic carbocycles. The van der Waals surface area contributed by atoms with E-state index in [4.69, 9.17) is 10.2 Å². The second kappa shape index (κ2) is 8.71. The van der Waals surface area contributed by atoms with Gasteiger partial charge in [-0.1, -0.05) is 42.5 Å². The highest BCUT2D eigenvalue weighted by atomic mass is 16.4. The Morgan fingerprint density at radius 1 is 0.964 bits per heavy atom. The van der Waals surface area contributed by atoms with Gasteiger partial charge in [-0.2, -0.15) is 0 Å². The summed E-state index contributed by atoms with van der Waals surface area (Å²) in [7, 11) is 2.22. The van der Waals surface area contributed by atoms with Crippen LogP contribution in [0.15, 0.2) is 60.7 Å². The van der Waals surface area contributed by atoms with Crippen LogP contribution in [0.3, 0.4) is 0 Å². The number of nitrogens with zero attached hydrogens (tertiary/aromatic N) is 2. The molecule has 6 heteroatoms. The smallest absolute Gasteiger partial charge is 0.328 e. The van der Waals surface area contributed by atoms with Gasteiger partial charge in [0.05, 0.1) is 12.7 Å². The SMILES string of the molecule is CN1CCC2c3ccccc3Cc3ccccc3N2C1.O=C(O)/C=C\C(=O)O. The summed E-state index contributed by atoms with van der Waals surface area (Å²) in [4.78, 5) is 24.1. The maximum Gasteiger partial charge on any atom is 0.328 e. The molecular weight excluding hydrogens is 356 g/mol. The Bertz CT molecular complexity index is 878. The van der Waals surface area contributed by atoms with E-state index in [-0.39, 0.29) is 0 Å². The normalized spacial score (nSPS) is 18.2. The molecule has 6 nitrogen and oxygen atoms in total. The third kappa shape index (κ3) is 4.58. The molecule has 0 amide bonds. The topological polar surface area (TPSA) is 81.1 Å². The average Bonchev–Trinajstić information content (AvgIpc) is 2.81. The molecule has 1 saturated heterocycles. The van der Waals surface area contributed by atoms with Gasteiger partial charge in [0.1, 0.15) is 0 Å². The molecule has 0 saturated carbocycles. The van der Waals surface area contributed by atoms with Crippen molar-refractivity contribution < 1.29 is 19.8 Å². The van der Waals surface area contributed by atoms with Crippen LogP contribution in [0.4, 0.5) is 5.69 Å². The Hall–Kier alpha value is -3.12. The fourth-order valence-corrected chi connectivity index (χ4v) is 3.80. The quantitative estimate of drug-likeness (QED) is 0.779. The predicted molar refractivity (Wildman–Crippen MR) is 107 cm³/mol. The van der Waals surface area contributed by atoms with Crippen molar-refractivity contribution in [2.45, 2.75) is 18.9 Å². The van der Waals surface area contributed by atoms with Crippen LogP contribution in [0.5, 0.6) is 0 Å². The molecule has 0 bridgehead atoms. The van der Waals surface area contributed by atoms with Crippen molar-refractivity contribution in [1.82, 2.24) is 4.90 Å². The maximum absolute atomic E-state index is 9.55. The Labute approximate surface area is 164 Å². The summed E-state index contributed by atoms with van der Waals surface area (Å²) in [5.41, 5.74) is 5.90. The number of rotatable bonds is 2. The third-order valence-corrected chi connectivity index (χ3v) is 5.02. The zero-order chi connectivity index (χ0) is 20.1. The van der Waals surface area contributed by atoms with Crippen molar-refractivity contribution in [3.05, 3.63) is 77.4 Å². The van der Waals surface area contributed by atoms with E-state index >= 15 is 0 Å². The van der Waals surface area contributed by atoms with Gasteiger partial charge in [-0.05, 0) is 42.6 Å². The molecule has 1 unspecified atom stereocenters. The first kappa shape index (κ1) is 19.6. The number of para-hydroxylation sites is 1. The monoisotopic (exact) mass is 380 g/mol. The van der Waals surface area contributed by atoms with E-state index in [1.807, 2.05) is 0 Å². The number of carbonyl (C=O) groups is 2. The van der Waals surface area contributed by atoms with E-state index in [1.54, 1.807) is 0 Å². The van der Waals surface area contributed by atoms with Gasteiger partial charge in [-0.3, -0.25) is 4.90 Å². The van der Waals surface area contributed by atoms with E-state index in [0.717, 1.165) is 13.1 Å². The molecule has 2 aliphatic heterocycles. The molecule has 2 heterocycles. The summed E-state index contributed by atoms with van der Waals surface area (Å²) < 4.78 is 0. The number of carboxylic acids is 2. The van der Waals surface area contributed by atoms with Gasteiger partial charge in [0, 0.05) is 24.4 Å². The van der Waals surface area contributed by atoms with Gasteiger partial charge >= 0.3 is 11.9 Å². The summed E-state index contributed by atoms with van der Waals surface area (Å²) in [6, 6.07) is 18.4. The van der Waals surface area contributed by atoms with Crippen LogP contribution in [0.2, 0.25) is 0 Å². The zero-order valence-corrected chi connectivity index (χ0v) is 15.8. The molecule has 0 spiro atoms. The molecule has 0 radical (unpaired) electrons. The molecule has 2 aromatic rings. The Morgan fingerprint density at radius 3 is 2.25 bits per heavy atom. The van der Waals surface area contributed by atoms with Crippen molar-refractivity contribution in [3.8, 4) is 0 Å². The predicted octanol–water partition coefficient (Wildman–Crippen LogP) is 3.14. The van der Waals surface area contributed by atoms with Crippen LogP contribution in [0.1, 0.15) is 29.2 Å². The molecule has 0 aliphatic carbocycles. The van der Waals surface area contributed by atoms with E-state index in [2.05, 4.69) is 65.4 Å². The molecule has 4 rings (SSSR count). The fraction of sp³-hybridized carbons (Fsp3) is 0.273. The molecular formula is C22H24N2O4. The molecule has 1 atom stereocenters. The molecule has 1 fully saturated rings. The minimum Gasteiger partial charge on any atom is -0.478 e. The highest BCUT2D eigenvalue weighted by Crippen LogP contribution is 2.40. The van der Waals surface area contributed by atoms with Crippen molar-refractivity contribution in [2.75, 3.05) is 25.2 Å². The van der Waals surface area contributed by atoms with Crippen LogP contribution < -0.4 is 4.90 Å². The van der Waals surface area contributed by atoms with Crippen LogP contribution in [0.25, 0.3) is 0 Å². The number of fused-ring (bicyclic) bond motifs is 5. The number of carboxylic acid groups (broad SMARTS) is 2. The summed E-state index contributed by atoms with van der Waals surface area (Å²) in [5.74, 6) is -2.51. The Kier molecular flexibility index (Phi) is 6.11. The summed E-state index contributed by atoms with van der Waals surface area (Å²) >= 11 is 0. The fourth-order valence-electron chi connectivity index (χ4n) is 3.80. The van der Waals surface area contributed by atoms with Gasteiger partial charge in [0.25, 0.3) is 0 Å². The Morgan fingerprint density at radius 2 is 1.57 bits per heavy atom. The number of hydrogen-bond donors (Lipinski definition) is 2. The lowest BCUT2D eigenvalue weighted by Gasteiger charge is -2.42. The second-order valence-electron chi connectivity index (χ2n) is 7.01. The van der Waals surface area contributed by atoms with Crippen LogP contribution >= 0.6 is 0 Å². The van der Waals surface area contributed by atoms with Gasteiger partial charge in [0.2, 0.25) is 0 Å². The summed E-state index contributed by atoms with van der Waals surface area (Å²) in [5, 5.41) is 15.6. The lowest BCUT2D eigenvalue weighted by molar-refractivity contribution is -0.134. The molecule has 2 aliphatic rings. The zero-order valence-electron chi connectivity index (χ0n) is 15.8. The third-order valence-electron chi connectivity index (χ3n) is 5.02. The standard InChI is InChI=1S/C18H20N2.C4H4O4/c1-19-11-10-18-16-8-4-2-6-14(16)12-15-7-3-5-9-17(15)20(18)13-19;5-3(6)1-2-4(7)8/h2-9,18H,10-13H2,1H3;1-2H,(H,5,6)(H,7,8)/b;2-1-. The lowest BCUT2D eigenvalue weighted by Crippen LogP contribution is -2.44. The number of hydrogen-bond acceptors (Lipinski definition) is 4. The minimum absolute atomic E-state index is 0.533. The number of benzene rings is 2. The minimum atomic E-state index is -1.26. The van der Waals surface area contributed by atoms with Gasteiger partial charge in [-0.25, -0.2) is 9.59 Å². The van der Waals surface area contributed by atoms with E-state index < -0.39 is 11.9 Å². The molecule has 28 heavy (non-hydrogen) atoms. The van der Waals surface area contributed by atoms with Crippen LogP contribution in [-0.2, 0) is 16.0 Å². The highest BCUT2D eigenvalue weighted by molar-refractivity contribution is 5.89. The van der Waals surface area contributed by atoms with Crippen LogP contribution in [-0.4, -0.2) is 47.3 Å². The molecule has 146 valence electrons. The van der Waals surface area contributed by atoms with Crippen LogP contribution in [0, 0.1) is 0 Å². The second-order valence-corrected chi connectivity index (χ2v) is 7.01. The number of aliphatic carboxylic acids is 2. The Balaban J connectivity index is 0.000000242. The first-order chi connectivity index (χ1) is 13.5. The average molecular weight is 380 g/mol. The first-order valence-corrected chi connectivity index (χ1v) is 9.20. The maximum atomic E-state index is 9.55. The summed E-state index contributed by atoms with van der Waals surface area (Å²) in [6.45, 7) is 2.20. The molecule has 0 aromatic heterocycles. The van der Waals surface area contributed by atoms with Crippen molar-refractivity contribution in [2.24, 2.45) is 0 Å². The van der Waals surface area contributed by atoms with Crippen molar-refractivity contribution in [1.29, 1.82) is 0 Å². The van der Waals surface area contributed by atoms with E-state index in [0.29, 0.717) is 18.2 Å².